The highest BCUT2D eigenvalue weighted by Crippen LogP contribution is 2.32. The van der Waals surface area contributed by atoms with E-state index < -0.39 is 0 Å². The lowest BCUT2D eigenvalue weighted by Gasteiger charge is -2.35. The van der Waals surface area contributed by atoms with Gasteiger partial charge in [-0.1, -0.05) is 0 Å². The number of rotatable bonds is 8. The van der Waals surface area contributed by atoms with Crippen LogP contribution in [0.5, 0.6) is 0 Å². The Hall–Kier alpha value is -0.120. The summed E-state index contributed by atoms with van der Waals surface area (Å²) < 4.78 is 5.57. The summed E-state index contributed by atoms with van der Waals surface area (Å²) in [5.41, 5.74) is 0.0103. The molecule has 2 fully saturated rings. The van der Waals surface area contributed by atoms with E-state index in [1.165, 1.54) is 25.9 Å². The van der Waals surface area contributed by atoms with E-state index in [2.05, 4.69) is 36.3 Å². The molecule has 0 spiro atoms. The first-order valence-corrected chi connectivity index (χ1v) is 10.0. The van der Waals surface area contributed by atoms with E-state index in [-0.39, 0.29) is 36.0 Å². The van der Waals surface area contributed by atoms with Crippen molar-refractivity contribution in [2.45, 2.75) is 52.5 Å². The molecule has 7 heteroatoms. The molecule has 6 nitrogen and oxygen atoms in total. The van der Waals surface area contributed by atoms with E-state index in [0.717, 1.165) is 38.5 Å². The SMILES string of the molecule is CCNC(=NCC1(CCO)CCOC1)NCC1CCCN(C(C)C)C1.I. The van der Waals surface area contributed by atoms with Crippen molar-refractivity contribution < 1.29 is 9.84 Å². The smallest absolute Gasteiger partial charge is 0.191 e. The molecule has 0 aromatic heterocycles. The average molecular weight is 482 g/mol. The summed E-state index contributed by atoms with van der Waals surface area (Å²) in [6.07, 6.45) is 4.33. The van der Waals surface area contributed by atoms with Crippen LogP contribution in [0.15, 0.2) is 4.99 Å². The van der Waals surface area contributed by atoms with Crippen LogP contribution < -0.4 is 10.6 Å². The monoisotopic (exact) mass is 482 g/mol. The average Bonchev–Trinajstić information content (AvgIpc) is 3.07. The summed E-state index contributed by atoms with van der Waals surface area (Å²) in [7, 11) is 0. The molecule has 2 unspecified atom stereocenters. The molecule has 154 valence electrons. The number of ether oxygens (including phenoxy) is 1. The maximum atomic E-state index is 9.36. The van der Waals surface area contributed by atoms with E-state index in [1.54, 1.807) is 0 Å². The largest absolute Gasteiger partial charge is 0.396 e. The molecule has 26 heavy (non-hydrogen) atoms. The minimum atomic E-state index is 0. The van der Waals surface area contributed by atoms with Gasteiger partial charge in [0.15, 0.2) is 5.96 Å². The Morgan fingerprint density at radius 1 is 1.38 bits per heavy atom. The molecule has 2 aliphatic heterocycles. The Bertz CT molecular complexity index is 414. The normalized spacial score (nSPS) is 27.4. The summed E-state index contributed by atoms with van der Waals surface area (Å²) in [6.45, 7) is 13.3. The summed E-state index contributed by atoms with van der Waals surface area (Å²) in [4.78, 5) is 7.39. The fraction of sp³-hybridized carbons (Fsp3) is 0.947. The summed E-state index contributed by atoms with van der Waals surface area (Å²) in [5, 5.41) is 16.3. The van der Waals surface area contributed by atoms with Crippen LogP contribution in [0.1, 0.15) is 46.5 Å². The number of aliphatic hydroxyl groups is 1. The van der Waals surface area contributed by atoms with Gasteiger partial charge in [0.1, 0.15) is 0 Å². The minimum absolute atomic E-state index is 0. The van der Waals surface area contributed by atoms with Crippen molar-refractivity contribution >= 4 is 29.9 Å². The van der Waals surface area contributed by atoms with Gasteiger partial charge in [-0.2, -0.15) is 0 Å². The molecule has 0 aromatic rings. The number of likely N-dealkylation sites (tertiary alicyclic amines) is 1. The second-order valence-corrected chi connectivity index (χ2v) is 7.95. The molecule has 3 N–H and O–H groups in total. The molecule has 0 bridgehead atoms. The van der Waals surface area contributed by atoms with Crippen molar-refractivity contribution in [3.8, 4) is 0 Å². The molecule has 0 aliphatic carbocycles. The van der Waals surface area contributed by atoms with Gasteiger partial charge in [0, 0.05) is 44.3 Å². The van der Waals surface area contributed by atoms with Crippen molar-refractivity contribution in [1.29, 1.82) is 0 Å². The molecule has 2 saturated heterocycles. The highest BCUT2D eigenvalue weighted by atomic mass is 127. The van der Waals surface area contributed by atoms with Crippen LogP contribution in [0.3, 0.4) is 0 Å². The quantitative estimate of drug-likeness (QED) is 0.281. The molecule has 0 radical (unpaired) electrons. The van der Waals surface area contributed by atoms with Gasteiger partial charge in [-0.15, -0.1) is 24.0 Å². The fourth-order valence-corrected chi connectivity index (χ4v) is 3.85. The number of hydrogen-bond donors (Lipinski definition) is 3. The predicted octanol–water partition coefficient (Wildman–Crippen LogP) is 2.07. The van der Waals surface area contributed by atoms with Gasteiger partial charge in [0.05, 0.1) is 13.2 Å². The fourth-order valence-electron chi connectivity index (χ4n) is 3.85. The summed E-state index contributed by atoms with van der Waals surface area (Å²) in [5.74, 6) is 1.58. The van der Waals surface area contributed by atoms with Crippen molar-refractivity contribution in [2.24, 2.45) is 16.3 Å². The van der Waals surface area contributed by atoms with Gasteiger partial charge >= 0.3 is 0 Å². The van der Waals surface area contributed by atoms with Gasteiger partial charge in [-0.25, -0.2) is 0 Å². The number of guanidine groups is 1. The molecular weight excluding hydrogens is 443 g/mol. The number of aliphatic hydroxyl groups excluding tert-OH is 1. The Balaban J connectivity index is 0.00000338. The number of nitrogens with zero attached hydrogens (tertiary/aromatic N) is 2. The Morgan fingerprint density at radius 2 is 2.19 bits per heavy atom. The van der Waals surface area contributed by atoms with E-state index in [0.29, 0.717) is 25.1 Å². The Labute approximate surface area is 176 Å². The molecule has 2 atom stereocenters. The lowest BCUT2D eigenvalue weighted by Crippen LogP contribution is -2.46. The van der Waals surface area contributed by atoms with Gasteiger partial charge in [-0.3, -0.25) is 4.99 Å². The summed E-state index contributed by atoms with van der Waals surface area (Å²) in [6, 6.07) is 0.630. The predicted molar refractivity (Wildman–Crippen MR) is 118 cm³/mol. The first-order chi connectivity index (χ1) is 12.1. The van der Waals surface area contributed by atoms with Crippen molar-refractivity contribution in [3.05, 3.63) is 0 Å². The van der Waals surface area contributed by atoms with Gasteiger partial charge in [-0.05, 0) is 58.9 Å². The van der Waals surface area contributed by atoms with Crippen LogP contribution >= 0.6 is 24.0 Å². The first-order valence-electron chi connectivity index (χ1n) is 10.0. The third-order valence-corrected chi connectivity index (χ3v) is 5.58. The zero-order valence-electron chi connectivity index (χ0n) is 16.8. The van der Waals surface area contributed by atoms with Crippen molar-refractivity contribution in [3.63, 3.8) is 0 Å². The van der Waals surface area contributed by atoms with Crippen LogP contribution in [-0.2, 0) is 4.74 Å². The molecule has 0 aromatic carbocycles. The molecule has 2 rings (SSSR count). The lowest BCUT2D eigenvalue weighted by molar-refractivity contribution is 0.131. The second kappa shape index (κ2) is 12.4. The van der Waals surface area contributed by atoms with E-state index in [1.807, 2.05) is 0 Å². The number of halogens is 1. The van der Waals surface area contributed by atoms with E-state index >= 15 is 0 Å². The maximum Gasteiger partial charge on any atom is 0.191 e. The Kier molecular flexibility index (Phi) is 11.4. The van der Waals surface area contributed by atoms with Crippen LogP contribution in [-0.4, -0.2) is 74.6 Å². The third-order valence-electron chi connectivity index (χ3n) is 5.58. The molecule has 2 aliphatic rings. The van der Waals surface area contributed by atoms with Crippen molar-refractivity contribution in [1.82, 2.24) is 15.5 Å². The zero-order valence-corrected chi connectivity index (χ0v) is 19.1. The number of nitrogens with one attached hydrogen (secondary N) is 2. The lowest BCUT2D eigenvalue weighted by atomic mass is 9.84. The number of hydrogen-bond acceptors (Lipinski definition) is 4. The minimum Gasteiger partial charge on any atom is -0.396 e. The van der Waals surface area contributed by atoms with E-state index in [4.69, 9.17) is 9.73 Å². The van der Waals surface area contributed by atoms with Gasteiger partial charge in [0.2, 0.25) is 0 Å². The second-order valence-electron chi connectivity index (χ2n) is 7.95. The molecular formula is C19H39IN4O2. The molecule has 0 amide bonds. The number of aliphatic imine (C=N–C) groups is 1. The third kappa shape index (κ3) is 7.48. The van der Waals surface area contributed by atoms with Crippen LogP contribution in [0.25, 0.3) is 0 Å². The zero-order chi connectivity index (χ0) is 18.1. The first kappa shape index (κ1) is 23.9. The maximum absolute atomic E-state index is 9.36. The van der Waals surface area contributed by atoms with E-state index in [9.17, 15) is 5.11 Å². The topological polar surface area (TPSA) is 69.1 Å². The molecule has 0 saturated carbocycles. The van der Waals surface area contributed by atoms with Gasteiger partial charge < -0.3 is 25.4 Å². The van der Waals surface area contributed by atoms with Crippen molar-refractivity contribution in [2.75, 3.05) is 52.5 Å². The highest BCUT2D eigenvalue weighted by molar-refractivity contribution is 14.0. The summed E-state index contributed by atoms with van der Waals surface area (Å²) >= 11 is 0. The highest BCUT2D eigenvalue weighted by Gasteiger charge is 2.34. The number of piperidine rings is 1. The van der Waals surface area contributed by atoms with Crippen LogP contribution in [0.2, 0.25) is 0 Å². The Morgan fingerprint density at radius 3 is 2.81 bits per heavy atom. The standard InChI is InChI=1S/C19H38N4O2.HI/c1-4-20-18(22-14-19(7-10-24)8-11-25-15-19)21-12-17-6-5-9-23(13-17)16(2)3;/h16-17,24H,4-15H2,1-3H3,(H2,20,21,22);1H. The molecule has 2 heterocycles. The van der Waals surface area contributed by atoms with Crippen LogP contribution in [0, 0.1) is 11.3 Å². The van der Waals surface area contributed by atoms with Crippen LogP contribution in [0.4, 0.5) is 0 Å². The van der Waals surface area contributed by atoms with Gasteiger partial charge in [0.25, 0.3) is 0 Å².